The highest BCUT2D eigenvalue weighted by atomic mass is 32.2. The van der Waals surface area contributed by atoms with Crippen molar-refractivity contribution in [2.24, 2.45) is 0 Å². The van der Waals surface area contributed by atoms with Crippen LogP contribution in [0.1, 0.15) is 23.7 Å². The summed E-state index contributed by atoms with van der Waals surface area (Å²) in [5, 5.41) is 0.943. The Morgan fingerprint density at radius 1 is 1.55 bits per heavy atom. The Morgan fingerprint density at radius 3 is 2.80 bits per heavy atom. The maximum absolute atomic E-state index is 12.6. The molecule has 0 amide bonds. The molecule has 114 valence electrons. The summed E-state index contributed by atoms with van der Waals surface area (Å²) in [6, 6.07) is 0. The van der Waals surface area contributed by atoms with Gasteiger partial charge in [0.2, 0.25) is 0 Å². The highest BCUT2D eigenvalue weighted by molar-refractivity contribution is 7.86. The predicted octanol–water partition coefficient (Wildman–Crippen LogP) is 1.24. The number of ether oxygens (including phenoxy) is 1. The lowest BCUT2D eigenvalue weighted by molar-refractivity contribution is -0.0651. The summed E-state index contributed by atoms with van der Waals surface area (Å²) in [5.74, 6) is 0. The fourth-order valence-electron chi connectivity index (χ4n) is 2.15. The number of morpholine rings is 1. The van der Waals surface area contributed by atoms with Gasteiger partial charge in [0, 0.05) is 31.2 Å². The number of rotatable bonds is 4. The van der Waals surface area contributed by atoms with Crippen LogP contribution in [-0.4, -0.2) is 54.4 Å². The average molecular weight is 319 g/mol. The molecule has 0 N–H and O–H groups in total. The normalized spacial score (nSPS) is 20.4. The first-order chi connectivity index (χ1) is 9.21. The van der Waals surface area contributed by atoms with Crippen molar-refractivity contribution in [1.82, 2.24) is 13.6 Å². The van der Waals surface area contributed by atoms with Gasteiger partial charge in [-0.25, -0.2) is 4.98 Å². The fraction of sp³-hybridized carbons (Fsp3) is 0.750. The Kier molecular flexibility index (Phi) is 4.50. The van der Waals surface area contributed by atoms with Crippen LogP contribution < -0.4 is 0 Å². The second-order valence-electron chi connectivity index (χ2n) is 5.55. The van der Waals surface area contributed by atoms with Gasteiger partial charge < -0.3 is 4.74 Å². The molecule has 0 radical (unpaired) electrons. The first kappa shape index (κ1) is 15.8. The van der Waals surface area contributed by atoms with Crippen molar-refractivity contribution in [3.63, 3.8) is 0 Å². The van der Waals surface area contributed by atoms with Crippen LogP contribution in [0.5, 0.6) is 0 Å². The van der Waals surface area contributed by atoms with Crippen LogP contribution >= 0.6 is 11.3 Å². The fourth-order valence-corrected chi connectivity index (χ4v) is 4.55. The third kappa shape index (κ3) is 3.56. The third-order valence-electron chi connectivity index (χ3n) is 3.16. The van der Waals surface area contributed by atoms with Crippen LogP contribution in [0.4, 0.5) is 0 Å². The van der Waals surface area contributed by atoms with Crippen LogP contribution in [0.3, 0.4) is 0 Å². The van der Waals surface area contributed by atoms with E-state index >= 15 is 0 Å². The van der Waals surface area contributed by atoms with E-state index in [9.17, 15) is 8.42 Å². The van der Waals surface area contributed by atoms with Gasteiger partial charge in [0.25, 0.3) is 10.2 Å². The van der Waals surface area contributed by atoms with Gasteiger partial charge in [0.1, 0.15) is 0 Å². The van der Waals surface area contributed by atoms with Gasteiger partial charge >= 0.3 is 0 Å². The summed E-state index contributed by atoms with van der Waals surface area (Å²) in [4.78, 5) is 5.10. The van der Waals surface area contributed by atoms with E-state index in [2.05, 4.69) is 4.98 Å². The molecule has 0 aromatic carbocycles. The van der Waals surface area contributed by atoms with Gasteiger partial charge in [0.05, 0.1) is 23.8 Å². The molecule has 1 aromatic rings. The first-order valence-corrected chi connectivity index (χ1v) is 8.69. The first-order valence-electron chi connectivity index (χ1n) is 6.47. The van der Waals surface area contributed by atoms with E-state index in [1.165, 1.54) is 19.9 Å². The highest BCUT2D eigenvalue weighted by Crippen LogP contribution is 2.22. The molecule has 1 saturated heterocycles. The van der Waals surface area contributed by atoms with Gasteiger partial charge in [-0.05, 0) is 20.8 Å². The van der Waals surface area contributed by atoms with Crippen molar-refractivity contribution in [1.29, 1.82) is 0 Å². The molecule has 1 aliphatic rings. The van der Waals surface area contributed by atoms with E-state index in [-0.39, 0.29) is 0 Å². The van der Waals surface area contributed by atoms with Crippen LogP contribution in [0.2, 0.25) is 0 Å². The van der Waals surface area contributed by atoms with Crippen molar-refractivity contribution in [3.05, 3.63) is 16.1 Å². The largest absolute Gasteiger partial charge is 0.373 e. The Labute approximate surface area is 124 Å². The Bertz CT molecular complexity index is 568. The molecule has 0 unspecified atom stereocenters. The van der Waals surface area contributed by atoms with E-state index in [4.69, 9.17) is 4.74 Å². The lowest BCUT2D eigenvalue weighted by Crippen LogP contribution is -2.53. The summed E-state index contributed by atoms with van der Waals surface area (Å²) >= 11 is 1.52. The van der Waals surface area contributed by atoms with Gasteiger partial charge in [-0.1, -0.05) is 0 Å². The molecule has 8 heteroatoms. The number of nitrogens with zero attached hydrogens (tertiary/aromatic N) is 3. The molecule has 2 heterocycles. The molecule has 0 saturated carbocycles. The molecule has 0 bridgehead atoms. The van der Waals surface area contributed by atoms with E-state index in [1.54, 1.807) is 13.2 Å². The Balaban J connectivity index is 2.09. The summed E-state index contributed by atoms with van der Waals surface area (Å²) < 4.78 is 33.6. The third-order valence-corrected chi connectivity index (χ3v) is 5.94. The monoisotopic (exact) mass is 319 g/mol. The molecule has 2 rings (SSSR count). The zero-order valence-corrected chi connectivity index (χ0v) is 13.9. The van der Waals surface area contributed by atoms with Crippen LogP contribution in [0.15, 0.2) is 6.20 Å². The van der Waals surface area contributed by atoms with Gasteiger partial charge in [-0.15, -0.1) is 11.3 Å². The predicted molar refractivity (Wildman–Crippen MR) is 78.8 cm³/mol. The van der Waals surface area contributed by atoms with E-state index in [0.717, 1.165) is 9.88 Å². The molecule has 0 spiro atoms. The number of aryl methyl sites for hydroxylation is 1. The van der Waals surface area contributed by atoms with Crippen LogP contribution in [-0.2, 0) is 21.5 Å². The average Bonchev–Trinajstić information content (AvgIpc) is 2.73. The lowest BCUT2D eigenvalue weighted by atomic mass is 10.1. The van der Waals surface area contributed by atoms with Crippen LogP contribution in [0, 0.1) is 6.92 Å². The van der Waals surface area contributed by atoms with Crippen molar-refractivity contribution in [2.45, 2.75) is 32.9 Å². The molecular formula is C12H21N3O3S2. The number of hydrogen-bond acceptors (Lipinski definition) is 5. The van der Waals surface area contributed by atoms with Crippen LogP contribution in [0.25, 0.3) is 0 Å². The molecule has 0 aliphatic carbocycles. The molecule has 1 aliphatic heterocycles. The zero-order valence-electron chi connectivity index (χ0n) is 12.3. The molecule has 1 fully saturated rings. The van der Waals surface area contributed by atoms with Crippen molar-refractivity contribution in [3.8, 4) is 0 Å². The summed E-state index contributed by atoms with van der Waals surface area (Å²) in [6.45, 7) is 7.28. The maximum atomic E-state index is 12.6. The Morgan fingerprint density at radius 2 is 2.25 bits per heavy atom. The summed E-state index contributed by atoms with van der Waals surface area (Å²) in [7, 11) is -1.85. The van der Waals surface area contributed by atoms with Gasteiger partial charge in [-0.3, -0.25) is 0 Å². The standard InChI is InChI=1S/C12H21N3O3S2/c1-10-13-7-11(19-10)8-14(4)20(16,17)15-5-6-18-12(2,3)9-15/h7H,5-6,8-9H2,1-4H3. The minimum absolute atomic E-state index is 0.353. The topological polar surface area (TPSA) is 62.7 Å². The Hall–Kier alpha value is -0.540. The van der Waals surface area contributed by atoms with E-state index < -0.39 is 15.8 Å². The van der Waals surface area contributed by atoms with Gasteiger partial charge in [0.15, 0.2) is 0 Å². The van der Waals surface area contributed by atoms with E-state index in [1.807, 2.05) is 20.8 Å². The molecule has 1 aromatic heterocycles. The molecule has 6 nitrogen and oxygen atoms in total. The highest BCUT2D eigenvalue weighted by Gasteiger charge is 2.36. The second-order valence-corrected chi connectivity index (χ2v) is 8.91. The number of thiazole rings is 1. The quantitative estimate of drug-likeness (QED) is 0.837. The lowest BCUT2D eigenvalue weighted by Gasteiger charge is -2.38. The SMILES string of the molecule is Cc1ncc(CN(C)S(=O)(=O)N2CCOC(C)(C)C2)s1. The smallest absolute Gasteiger partial charge is 0.282 e. The van der Waals surface area contributed by atoms with Crippen molar-refractivity contribution in [2.75, 3.05) is 26.7 Å². The van der Waals surface area contributed by atoms with Gasteiger partial charge in [-0.2, -0.15) is 17.0 Å². The minimum Gasteiger partial charge on any atom is -0.373 e. The zero-order chi connectivity index (χ0) is 15.0. The molecule has 20 heavy (non-hydrogen) atoms. The second kappa shape index (κ2) is 5.69. The minimum atomic E-state index is -3.46. The van der Waals surface area contributed by atoms with Crippen molar-refractivity contribution >= 4 is 21.5 Å². The summed E-state index contributed by atoms with van der Waals surface area (Å²) in [5.41, 5.74) is -0.437. The molecular weight excluding hydrogens is 298 g/mol. The van der Waals surface area contributed by atoms with E-state index in [0.29, 0.717) is 26.2 Å². The van der Waals surface area contributed by atoms with Crippen molar-refractivity contribution < 1.29 is 13.2 Å². The number of hydrogen-bond donors (Lipinski definition) is 0. The summed E-state index contributed by atoms with van der Waals surface area (Å²) in [6.07, 6.45) is 1.73. The maximum Gasteiger partial charge on any atom is 0.282 e. The number of aromatic nitrogens is 1. The molecule has 0 atom stereocenters.